The molecule has 0 aromatic carbocycles. The fourth-order valence-electron chi connectivity index (χ4n) is 1.02. The summed E-state index contributed by atoms with van der Waals surface area (Å²) in [5.74, 6) is 1.33. The minimum absolute atomic E-state index is 0.405. The molecule has 1 aliphatic rings. The largest absolute Gasteiger partial charge is 0.327 e. The second-order valence-corrected chi connectivity index (χ2v) is 3.76. The Morgan fingerprint density at radius 1 is 1.75 bits per heavy atom. The van der Waals surface area contributed by atoms with Crippen LogP contribution in [0.3, 0.4) is 0 Å². The molecule has 0 aromatic heterocycles. The average molecular weight is 131 g/mol. The Kier molecular flexibility index (Phi) is 2.20. The van der Waals surface area contributed by atoms with Crippen molar-refractivity contribution in [2.75, 3.05) is 5.75 Å². The first kappa shape index (κ1) is 6.43. The van der Waals surface area contributed by atoms with E-state index in [1.807, 2.05) is 11.8 Å². The van der Waals surface area contributed by atoms with Gasteiger partial charge in [0.05, 0.1) is 0 Å². The van der Waals surface area contributed by atoms with E-state index in [-0.39, 0.29) is 0 Å². The van der Waals surface area contributed by atoms with E-state index in [4.69, 9.17) is 5.73 Å². The van der Waals surface area contributed by atoms with Crippen LogP contribution >= 0.6 is 11.8 Å². The predicted octanol–water partition coefficient (Wildman–Crippen LogP) is 1.23. The first-order valence-electron chi connectivity index (χ1n) is 3.18. The van der Waals surface area contributed by atoms with Gasteiger partial charge in [0.15, 0.2) is 0 Å². The molecule has 2 atom stereocenters. The van der Waals surface area contributed by atoms with Crippen LogP contribution in [0.1, 0.15) is 19.8 Å². The monoisotopic (exact) mass is 131 g/mol. The van der Waals surface area contributed by atoms with Crippen LogP contribution in [0.5, 0.6) is 0 Å². The van der Waals surface area contributed by atoms with E-state index in [2.05, 4.69) is 6.92 Å². The van der Waals surface area contributed by atoms with Gasteiger partial charge in [-0.15, -0.1) is 0 Å². The molecule has 0 spiro atoms. The molecule has 1 heterocycles. The molecule has 2 heteroatoms. The fourth-order valence-corrected chi connectivity index (χ4v) is 2.29. The maximum atomic E-state index is 5.68. The van der Waals surface area contributed by atoms with E-state index in [1.54, 1.807) is 0 Å². The number of thioether (sulfide) groups is 1. The summed E-state index contributed by atoms with van der Waals surface area (Å²) in [5, 5.41) is 0.759. The lowest BCUT2D eigenvalue weighted by atomic mass is 10.2. The van der Waals surface area contributed by atoms with Gasteiger partial charge in [-0.2, -0.15) is 11.8 Å². The van der Waals surface area contributed by atoms with Crippen molar-refractivity contribution < 1.29 is 0 Å². The standard InChI is InChI=1S/C6H13NS/c1-5(7)6-3-2-4-8-6/h5-6H,2-4,7H2,1H3/t5-,6?/m1/s1. The number of rotatable bonds is 1. The Morgan fingerprint density at radius 2 is 2.50 bits per heavy atom. The third kappa shape index (κ3) is 1.39. The van der Waals surface area contributed by atoms with Gasteiger partial charge >= 0.3 is 0 Å². The van der Waals surface area contributed by atoms with Crippen molar-refractivity contribution in [2.24, 2.45) is 5.73 Å². The highest BCUT2D eigenvalue weighted by Gasteiger charge is 2.18. The van der Waals surface area contributed by atoms with E-state index in [0.717, 1.165) is 5.25 Å². The smallest absolute Gasteiger partial charge is 0.0196 e. The van der Waals surface area contributed by atoms with E-state index < -0.39 is 0 Å². The van der Waals surface area contributed by atoms with Crippen LogP contribution < -0.4 is 5.73 Å². The molecule has 1 rings (SSSR count). The molecule has 1 fully saturated rings. The first-order valence-corrected chi connectivity index (χ1v) is 4.23. The molecular weight excluding hydrogens is 118 g/mol. The van der Waals surface area contributed by atoms with Gasteiger partial charge in [0.25, 0.3) is 0 Å². The van der Waals surface area contributed by atoms with Gasteiger partial charge in [-0.1, -0.05) is 0 Å². The van der Waals surface area contributed by atoms with Crippen LogP contribution in [-0.4, -0.2) is 17.0 Å². The van der Waals surface area contributed by atoms with Crippen molar-refractivity contribution in [1.29, 1.82) is 0 Å². The van der Waals surface area contributed by atoms with Crippen LogP contribution in [0.15, 0.2) is 0 Å². The van der Waals surface area contributed by atoms with Gasteiger partial charge in [-0.3, -0.25) is 0 Å². The zero-order chi connectivity index (χ0) is 5.98. The molecule has 1 unspecified atom stereocenters. The van der Waals surface area contributed by atoms with E-state index in [0.29, 0.717) is 6.04 Å². The Balaban J connectivity index is 2.24. The Labute approximate surface area is 55.0 Å². The Bertz CT molecular complexity index is 66.9. The Morgan fingerprint density at radius 3 is 2.75 bits per heavy atom. The third-order valence-electron chi connectivity index (χ3n) is 1.55. The highest BCUT2D eigenvalue weighted by atomic mass is 32.2. The van der Waals surface area contributed by atoms with Crippen LogP contribution in [0.25, 0.3) is 0 Å². The van der Waals surface area contributed by atoms with Crippen molar-refractivity contribution in [3.05, 3.63) is 0 Å². The number of nitrogens with two attached hydrogens (primary N) is 1. The topological polar surface area (TPSA) is 26.0 Å². The van der Waals surface area contributed by atoms with Gasteiger partial charge in [-0.05, 0) is 25.5 Å². The molecule has 1 saturated heterocycles. The summed E-state index contributed by atoms with van der Waals surface area (Å²) < 4.78 is 0. The van der Waals surface area contributed by atoms with Crippen molar-refractivity contribution >= 4 is 11.8 Å². The van der Waals surface area contributed by atoms with Crippen molar-refractivity contribution in [1.82, 2.24) is 0 Å². The molecule has 48 valence electrons. The fraction of sp³-hybridized carbons (Fsp3) is 1.00. The lowest BCUT2D eigenvalue weighted by molar-refractivity contribution is 0.658. The number of hydrogen-bond acceptors (Lipinski definition) is 2. The summed E-state index contributed by atoms with van der Waals surface area (Å²) in [5.41, 5.74) is 5.68. The van der Waals surface area contributed by atoms with E-state index in [9.17, 15) is 0 Å². The Hall–Kier alpha value is 0.310. The van der Waals surface area contributed by atoms with Gasteiger partial charge in [0, 0.05) is 11.3 Å². The SMILES string of the molecule is C[C@@H](N)C1CCCS1. The lowest BCUT2D eigenvalue weighted by Crippen LogP contribution is -2.26. The molecule has 0 radical (unpaired) electrons. The summed E-state index contributed by atoms with van der Waals surface area (Å²) in [6.45, 7) is 2.10. The molecule has 2 N–H and O–H groups in total. The molecular formula is C6H13NS. The molecule has 0 aromatic rings. The van der Waals surface area contributed by atoms with Crippen molar-refractivity contribution in [2.45, 2.75) is 31.1 Å². The van der Waals surface area contributed by atoms with Gasteiger partial charge in [-0.25, -0.2) is 0 Å². The minimum atomic E-state index is 0.405. The summed E-state index contributed by atoms with van der Waals surface area (Å²) in [6.07, 6.45) is 2.71. The molecule has 0 saturated carbocycles. The summed E-state index contributed by atoms with van der Waals surface area (Å²) >= 11 is 2.03. The number of hydrogen-bond donors (Lipinski definition) is 1. The van der Waals surface area contributed by atoms with Gasteiger partial charge < -0.3 is 5.73 Å². The quantitative estimate of drug-likeness (QED) is 0.579. The molecule has 0 bridgehead atoms. The molecule has 0 amide bonds. The summed E-state index contributed by atoms with van der Waals surface area (Å²) in [7, 11) is 0. The first-order chi connectivity index (χ1) is 3.80. The van der Waals surface area contributed by atoms with Crippen molar-refractivity contribution in [3.8, 4) is 0 Å². The molecule has 1 aliphatic heterocycles. The van der Waals surface area contributed by atoms with Crippen LogP contribution in [0.4, 0.5) is 0 Å². The minimum Gasteiger partial charge on any atom is -0.327 e. The van der Waals surface area contributed by atoms with Gasteiger partial charge in [0.2, 0.25) is 0 Å². The highest BCUT2D eigenvalue weighted by Crippen LogP contribution is 2.27. The third-order valence-corrected chi connectivity index (χ3v) is 3.17. The van der Waals surface area contributed by atoms with Crippen LogP contribution in [0.2, 0.25) is 0 Å². The lowest BCUT2D eigenvalue weighted by Gasteiger charge is -2.10. The summed E-state index contributed by atoms with van der Waals surface area (Å²) in [6, 6.07) is 0.405. The highest BCUT2D eigenvalue weighted by molar-refractivity contribution is 8.00. The predicted molar refractivity (Wildman–Crippen MR) is 39.1 cm³/mol. The van der Waals surface area contributed by atoms with Gasteiger partial charge in [0.1, 0.15) is 0 Å². The van der Waals surface area contributed by atoms with Crippen LogP contribution in [-0.2, 0) is 0 Å². The molecule has 8 heavy (non-hydrogen) atoms. The normalized spacial score (nSPS) is 33.0. The van der Waals surface area contributed by atoms with Crippen molar-refractivity contribution in [3.63, 3.8) is 0 Å². The van der Waals surface area contributed by atoms with Crippen LogP contribution in [0, 0.1) is 0 Å². The average Bonchev–Trinajstić information content (AvgIpc) is 2.12. The second-order valence-electron chi connectivity index (χ2n) is 2.41. The van der Waals surface area contributed by atoms with E-state index >= 15 is 0 Å². The maximum Gasteiger partial charge on any atom is 0.0196 e. The van der Waals surface area contributed by atoms with E-state index in [1.165, 1.54) is 18.6 Å². The maximum absolute atomic E-state index is 5.68. The second kappa shape index (κ2) is 2.74. The zero-order valence-corrected chi connectivity index (χ0v) is 6.08. The molecule has 0 aliphatic carbocycles. The zero-order valence-electron chi connectivity index (χ0n) is 5.26. The summed E-state index contributed by atoms with van der Waals surface area (Å²) in [4.78, 5) is 0. The molecule has 1 nitrogen and oxygen atoms in total.